The van der Waals surface area contributed by atoms with Crippen molar-refractivity contribution < 1.29 is 61.6 Å². The van der Waals surface area contributed by atoms with Crippen LogP contribution in [0.15, 0.2) is 0 Å². The predicted octanol–water partition coefficient (Wildman–Crippen LogP) is 16.0. The van der Waals surface area contributed by atoms with E-state index in [1.807, 2.05) is 0 Å². The number of piperazine rings is 3. The Morgan fingerprint density at radius 1 is 0.246 bits per heavy atom. The lowest BCUT2D eigenvalue weighted by Crippen LogP contribution is -2.49. The van der Waals surface area contributed by atoms with Crippen LogP contribution in [0, 0.1) is 5.41 Å². The highest BCUT2D eigenvalue weighted by Crippen LogP contribution is 2.29. The summed E-state index contributed by atoms with van der Waals surface area (Å²) in [6.07, 6.45) is 18.8. The van der Waals surface area contributed by atoms with Crippen molar-refractivity contribution >= 4 is 0 Å². The van der Waals surface area contributed by atoms with Gasteiger partial charge >= 0.3 is 0 Å². The van der Waals surface area contributed by atoms with Gasteiger partial charge in [-0.25, -0.2) is 0 Å². The van der Waals surface area contributed by atoms with Crippen LogP contribution in [0.2, 0.25) is 0 Å². The molecule has 130 heavy (non-hydrogen) atoms. The van der Waals surface area contributed by atoms with Crippen molar-refractivity contribution in [2.45, 2.75) is 401 Å². The molecule has 0 bridgehead atoms. The average molecular weight is 1860 g/mol. The quantitative estimate of drug-likeness (QED) is 0.0531. The fourth-order valence-electron chi connectivity index (χ4n) is 17.7. The maximum absolute atomic E-state index is 5.69. The molecule has 9 rings (SSSR count). The third kappa shape index (κ3) is 73.2. The van der Waals surface area contributed by atoms with E-state index in [1.165, 1.54) is 169 Å². The molecule has 9 saturated heterocycles. The van der Waals surface area contributed by atoms with Gasteiger partial charge in [0, 0.05) is 241 Å². The largest absolute Gasteiger partial charge is 0.379 e. The number of likely N-dealkylation sites (N-methyl/N-ethyl adjacent to an activating group) is 2. The van der Waals surface area contributed by atoms with Crippen LogP contribution in [-0.2, 0) is 61.6 Å². The molecule has 4 unspecified atom stereocenters. The summed E-state index contributed by atoms with van der Waals surface area (Å²) in [4.78, 5) is 29.8. The van der Waals surface area contributed by atoms with E-state index < -0.39 is 0 Å². The topological polar surface area (TPSA) is 159 Å². The molecule has 8 atom stereocenters. The molecule has 9 heterocycles. The van der Waals surface area contributed by atoms with E-state index in [0.29, 0.717) is 121 Å². The minimum atomic E-state index is 0.339. The first-order chi connectivity index (χ1) is 61.3. The van der Waals surface area contributed by atoms with Crippen LogP contribution < -0.4 is 0 Å². The first-order valence-electron chi connectivity index (χ1n) is 53.1. The average Bonchev–Trinajstić information content (AvgIpc) is 0.813. The minimum Gasteiger partial charge on any atom is -0.379 e. The van der Waals surface area contributed by atoms with E-state index in [4.69, 9.17) is 61.6 Å². The Morgan fingerprint density at radius 2 is 0.485 bits per heavy atom. The zero-order valence-electron chi connectivity index (χ0n) is 92.1. The van der Waals surface area contributed by atoms with Gasteiger partial charge in [-0.2, -0.15) is 0 Å². The Labute approximate surface area is 805 Å². The zero-order valence-corrected chi connectivity index (χ0v) is 92.1. The number of ether oxygens (including phenoxy) is 13. The van der Waals surface area contributed by atoms with Crippen LogP contribution in [-0.4, -0.2) is 457 Å². The summed E-state index contributed by atoms with van der Waals surface area (Å²) >= 11 is 0. The van der Waals surface area contributed by atoms with Crippen molar-refractivity contribution in [3.63, 3.8) is 0 Å². The van der Waals surface area contributed by atoms with Gasteiger partial charge in [0.15, 0.2) is 0 Å². The van der Waals surface area contributed by atoms with Crippen LogP contribution in [0.4, 0.5) is 0 Å². The first-order valence-corrected chi connectivity index (χ1v) is 53.1. The Balaban J connectivity index is 0.000000731. The van der Waals surface area contributed by atoms with E-state index >= 15 is 0 Å². The van der Waals surface area contributed by atoms with E-state index in [0.717, 1.165) is 164 Å². The molecule has 9 aliphatic rings. The fourth-order valence-corrected chi connectivity index (χ4v) is 17.7. The highest BCUT2D eigenvalue weighted by Gasteiger charge is 2.31. The van der Waals surface area contributed by atoms with Gasteiger partial charge < -0.3 is 81.2 Å². The standard InChI is InChI=1S/2C13H27NO.C12H26N2O.2C12H25NO2.C11H24N2O.2C11H23NO2.C10H22N2O/c1-12(2)15-10-6-9-14-8-5-7-13(3,4)11-14;1-12(2)15-11-7-10-14-9-6-5-8-13(14,3)4;1-11(2)14-7-5-13(6-8-14)9-10-15-12(3)4;2*1-10(2)14-7-5-6-13-8-11(3)15-12(4)9-13;1-11(2)14-10-4-5-13-8-6-12(3)7-9-13;2*1-9(2)13-6-5-12-7-10(3)14-11(4)8-12;1-10(2)13-9-8-12-6-4-11(3)5-7-12/h2*12H,5-11H2,1-4H3;11-12H,5-10H2,1-4H3;2*10-12H,5-9H2,1-4H3;11H,4-10H2,1-3H3;2*9-11H,5-8H2,1-4H3;10H,4-9H2,1-3H3/t;;;11-,12+;;;10-,11+;;. The van der Waals surface area contributed by atoms with E-state index in [2.05, 4.69) is 294 Å². The van der Waals surface area contributed by atoms with Crippen molar-refractivity contribution in [3.8, 4) is 0 Å². The van der Waals surface area contributed by atoms with Gasteiger partial charge in [0.05, 0.1) is 130 Å². The molecule has 780 valence electrons. The lowest BCUT2D eigenvalue weighted by Gasteiger charge is -2.42. The van der Waals surface area contributed by atoms with Crippen LogP contribution in [0.3, 0.4) is 0 Å². The summed E-state index contributed by atoms with van der Waals surface area (Å²) in [6.45, 7) is 113. The molecule has 9 fully saturated rings. The molecule has 25 heteroatoms. The summed E-state index contributed by atoms with van der Waals surface area (Å²) in [5, 5.41) is 0. The minimum absolute atomic E-state index is 0.339. The number of morpholine rings is 4. The van der Waals surface area contributed by atoms with Crippen molar-refractivity contribution in [1.82, 2.24) is 58.8 Å². The molecule has 0 N–H and O–H groups in total. The summed E-state index contributed by atoms with van der Waals surface area (Å²) in [5.74, 6) is 0. The summed E-state index contributed by atoms with van der Waals surface area (Å²) in [6, 6.07) is 0.694. The van der Waals surface area contributed by atoms with Gasteiger partial charge in [-0.3, -0.25) is 39.2 Å². The number of piperidine rings is 2. The maximum atomic E-state index is 5.69. The number of likely N-dealkylation sites (tertiary alicyclic amines) is 2. The molecule has 0 aromatic carbocycles. The second kappa shape index (κ2) is 75.8. The fraction of sp³-hybridized carbons (Fsp3) is 1.00. The van der Waals surface area contributed by atoms with Crippen LogP contribution in [0.25, 0.3) is 0 Å². The first kappa shape index (κ1) is 127. The third-order valence-electron chi connectivity index (χ3n) is 24.3. The van der Waals surface area contributed by atoms with Crippen LogP contribution in [0.1, 0.15) is 286 Å². The molecular formula is C105H222N12O13. The van der Waals surface area contributed by atoms with Crippen LogP contribution >= 0.6 is 0 Å². The second-order valence-electron chi connectivity index (χ2n) is 43.2. The van der Waals surface area contributed by atoms with Gasteiger partial charge in [0.25, 0.3) is 0 Å². The molecule has 0 spiro atoms. The smallest absolute Gasteiger partial charge is 0.0678 e. The zero-order chi connectivity index (χ0) is 97.6. The lowest BCUT2D eigenvalue weighted by molar-refractivity contribution is -0.0751. The third-order valence-corrected chi connectivity index (χ3v) is 24.3. The SMILES string of the molecule is CC(C)OCCCN1CC(C)OC(C)C1.CC(C)OCCCN1CCCC(C)(C)C1.CC(C)OCCCN1CCCCC1(C)C.CC(C)OCCCN1CCN(C)CC1.CC(C)OCCCN1C[C@@H](C)O[C@@H](C)C1.CC(C)OCCN1CC(C)OC(C)C1.CC(C)OCCN1CCN(C(C)C)CC1.CC(C)OCCN1CCN(C)CC1.CC(C)OCCN1C[C@@H](C)O[C@@H](C)C1. The lowest BCUT2D eigenvalue weighted by atomic mass is 9.84. The monoisotopic (exact) mass is 1860 g/mol. The Kier molecular flexibility index (Phi) is 74.1. The van der Waals surface area contributed by atoms with E-state index in [-0.39, 0.29) is 0 Å². The molecular weight excluding hydrogens is 1640 g/mol. The van der Waals surface area contributed by atoms with E-state index in [1.54, 1.807) is 0 Å². The van der Waals surface area contributed by atoms with Gasteiger partial charge in [0.1, 0.15) is 0 Å². The molecule has 0 saturated carbocycles. The summed E-state index contributed by atoms with van der Waals surface area (Å²) < 4.78 is 72.6. The normalized spacial score (nSPS) is 24.8. The highest BCUT2D eigenvalue weighted by atomic mass is 16.5. The Morgan fingerprint density at radius 3 is 0.754 bits per heavy atom. The molecule has 25 nitrogen and oxygen atoms in total. The molecule has 0 radical (unpaired) electrons. The number of nitrogens with zero attached hydrogens (tertiary/aromatic N) is 12. The van der Waals surface area contributed by atoms with Gasteiger partial charge in [0.2, 0.25) is 0 Å². The Hall–Kier alpha value is -1.00. The summed E-state index contributed by atoms with van der Waals surface area (Å²) in [7, 11) is 4.38. The molecule has 0 aliphatic carbocycles. The maximum Gasteiger partial charge on any atom is 0.0678 e. The molecule has 0 amide bonds. The van der Waals surface area contributed by atoms with Crippen molar-refractivity contribution in [2.75, 3.05) is 283 Å². The predicted molar refractivity (Wildman–Crippen MR) is 549 cm³/mol. The van der Waals surface area contributed by atoms with Gasteiger partial charge in [-0.15, -0.1) is 0 Å². The van der Waals surface area contributed by atoms with Gasteiger partial charge in [-0.1, -0.05) is 20.3 Å². The highest BCUT2D eigenvalue weighted by molar-refractivity contribution is 4.86. The number of rotatable bonds is 42. The van der Waals surface area contributed by atoms with Gasteiger partial charge in [-0.05, 0) is 298 Å². The number of hydrogen-bond acceptors (Lipinski definition) is 25. The van der Waals surface area contributed by atoms with Crippen molar-refractivity contribution in [3.05, 3.63) is 0 Å². The second-order valence-corrected chi connectivity index (χ2v) is 43.2. The molecule has 0 aromatic rings. The van der Waals surface area contributed by atoms with Crippen molar-refractivity contribution in [2.24, 2.45) is 5.41 Å². The number of hydrogen-bond donors (Lipinski definition) is 0. The van der Waals surface area contributed by atoms with Crippen LogP contribution in [0.5, 0.6) is 0 Å². The molecule has 9 aliphatic heterocycles. The molecule has 0 aromatic heterocycles. The van der Waals surface area contributed by atoms with Crippen molar-refractivity contribution in [1.29, 1.82) is 0 Å². The summed E-state index contributed by atoms with van der Waals surface area (Å²) in [5.41, 5.74) is 0.938. The van der Waals surface area contributed by atoms with E-state index in [9.17, 15) is 0 Å². The Bertz CT molecular complexity index is 2380.